The number of rotatable bonds is 1. The van der Waals surface area contributed by atoms with E-state index in [9.17, 15) is 9.18 Å². The maximum absolute atomic E-state index is 12.8. The summed E-state index contributed by atoms with van der Waals surface area (Å²) in [6.45, 7) is 0. The second-order valence-electron chi connectivity index (χ2n) is 3.65. The van der Waals surface area contributed by atoms with Crippen LogP contribution in [0.3, 0.4) is 0 Å². The van der Waals surface area contributed by atoms with E-state index < -0.39 is 5.95 Å². The Hall–Kier alpha value is -1.25. The lowest BCUT2D eigenvalue weighted by Crippen LogP contribution is -2.18. The minimum absolute atomic E-state index is 0.167. The Kier molecular flexibility index (Phi) is 2.57. The van der Waals surface area contributed by atoms with Crippen LogP contribution in [0.2, 0.25) is 0 Å². The zero-order valence-electron chi connectivity index (χ0n) is 7.87. The summed E-state index contributed by atoms with van der Waals surface area (Å²) >= 11 is 0. The smallest absolute Gasteiger partial charge is 0.213 e. The van der Waals surface area contributed by atoms with Crippen molar-refractivity contribution in [3.8, 4) is 0 Å². The van der Waals surface area contributed by atoms with Crippen molar-refractivity contribution in [2.45, 2.75) is 31.6 Å². The van der Waals surface area contributed by atoms with Gasteiger partial charge in [-0.15, -0.1) is 0 Å². The number of halogens is 1. The van der Waals surface area contributed by atoms with E-state index in [-0.39, 0.29) is 11.7 Å². The van der Waals surface area contributed by atoms with Crippen molar-refractivity contribution in [3.05, 3.63) is 29.8 Å². The van der Waals surface area contributed by atoms with E-state index >= 15 is 0 Å². The van der Waals surface area contributed by atoms with Crippen molar-refractivity contribution < 1.29 is 9.18 Å². The van der Waals surface area contributed by atoms with Crippen LogP contribution in [0.1, 0.15) is 37.3 Å². The first-order chi connectivity index (χ1) is 6.77. The molecule has 14 heavy (non-hydrogen) atoms. The van der Waals surface area contributed by atoms with Crippen molar-refractivity contribution in [2.24, 2.45) is 0 Å². The Balaban J connectivity index is 2.24. The molecule has 1 aliphatic carbocycles. The summed E-state index contributed by atoms with van der Waals surface area (Å²) in [4.78, 5) is 15.3. The molecule has 2 nitrogen and oxygen atoms in total. The first-order valence-electron chi connectivity index (χ1n) is 4.92. The van der Waals surface area contributed by atoms with Gasteiger partial charge in [0, 0.05) is 6.42 Å². The van der Waals surface area contributed by atoms with Crippen LogP contribution < -0.4 is 0 Å². The van der Waals surface area contributed by atoms with Crippen LogP contribution in [0.5, 0.6) is 0 Å². The van der Waals surface area contributed by atoms with Crippen LogP contribution in [0.25, 0.3) is 0 Å². The Morgan fingerprint density at radius 2 is 2.21 bits per heavy atom. The van der Waals surface area contributed by atoms with Crippen molar-refractivity contribution in [1.29, 1.82) is 0 Å². The topological polar surface area (TPSA) is 30.0 Å². The maximum Gasteiger partial charge on any atom is 0.213 e. The van der Waals surface area contributed by atoms with Crippen LogP contribution in [0.15, 0.2) is 18.2 Å². The average Bonchev–Trinajstić information content (AvgIpc) is 2.18. The summed E-state index contributed by atoms with van der Waals surface area (Å²) in [5, 5.41) is 0. The molecule has 0 radical (unpaired) electrons. The van der Waals surface area contributed by atoms with Crippen LogP contribution in [0.4, 0.5) is 4.39 Å². The highest BCUT2D eigenvalue weighted by molar-refractivity contribution is 5.85. The van der Waals surface area contributed by atoms with Gasteiger partial charge in [-0.05, 0) is 25.0 Å². The zero-order valence-corrected chi connectivity index (χ0v) is 7.87. The largest absolute Gasteiger partial charge is 0.299 e. The van der Waals surface area contributed by atoms with Crippen LogP contribution >= 0.6 is 0 Å². The van der Waals surface area contributed by atoms with E-state index in [4.69, 9.17) is 0 Å². The first-order valence-corrected chi connectivity index (χ1v) is 4.92. The SMILES string of the molecule is O=C1CCCCC1c1cccc(F)n1. The summed E-state index contributed by atoms with van der Waals surface area (Å²) in [6.07, 6.45) is 3.43. The molecule has 74 valence electrons. The second kappa shape index (κ2) is 3.86. The van der Waals surface area contributed by atoms with Gasteiger partial charge in [0.2, 0.25) is 5.95 Å². The fourth-order valence-electron chi connectivity index (χ4n) is 1.91. The summed E-state index contributed by atoms with van der Waals surface area (Å²) in [5.74, 6) is -0.463. The highest BCUT2D eigenvalue weighted by atomic mass is 19.1. The average molecular weight is 193 g/mol. The molecule has 1 aromatic rings. The summed E-state index contributed by atoms with van der Waals surface area (Å²) < 4.78 is 12.8. The van der Waals surface area contributed by atoms with Gasteiger partial charge in [0.1, 0.15) is 5.78 Å². The van der Waals surface area contributed by atoms with E-state index in [0.717, 1.165) is 19.3 Å². The molecule has 0 aromatic carbocycles. The fraction of sp³-hybridized carbons (Fsp3) is 0.455. The molecule has 1 heterocycles. The molecule has 0 amide bonds. The molecule has 3 heteroatoms. The van der Waals surface area contributed by atoms with Gasteiger partial charge in [-0.2, -0.15) is 4.39 Å². The second-order valence-corrected chi connectivity index (χ2v) is 3.65. The predicted octanol–water partition coefficient (Wildman–Crippen LogP) is 2.45. The monoisotopic (exact) mass is 193 g/mol. The lowest BCUT2D eigenvalue weighted by atomic mass is 9.85. The molecular formula is C11H12FNO. The molecule has 1 saturated carbocycles. The fourth-order valence-corrected chi connectivity index (χ4v) is 1.91. The highest BCUT2D eigenvalue weighted by Gasteiger charge is 2.24. The molecule has 2 rings (SSSR count). The number of pyridine rings is 1. The number of aromatic nitrogens is 1. The molecule has 0 saturated heterocycles. The zero-order chi connectivity index (χ0) is 9.97. The summed E-state index contributed by atoms with van der Waals surface area (Å²) in [5.41, 5.74) is 0.592. The molecule has 1 fully saturated rings. The van der Waals surface area contributed by atoms with E-state index in [0.29, 0.717) is 12.1 Å². The normalized spacial score (nSPS) is 22.4. The Bertz CT molecular complexity index is 351. The van der Waals surface area contributed by atoms with E-state index in [1.54, 1.807) is 12.1 Å². The van der Waals surface area contributed by atoms with E-state index in [1.165, 1.54) is 6.07 Å². The first kappa shape index (κ1) is 9.31. The quantitative estimate of drug-likeness (QED) is 0.641. The Labute approximate surface area is 82.2 Å². The van der Waals surface area contributed by atoms with Crippen molar-refractivity contribution >= 4 is 5.78 Å². The molecular weight excluding hydrogens is 181 g/mol. The molecule has 0 N–H and O–H groups in total. The van der Waals surface area contributed by atoms with Gasteiger partial charge in [0.15, 0.2) is 0 Å². The number of carbonyl (C=O) groups is 1. The number of carbonyl (C=O) groups excluding carboxylic acids is 1. The lowest BCUT2D eigenvalue weighted by Gasteiger charge is -2.19. The number of Topliss-reactive ketones (excluding diaryl/α,β-unsaturated/α-hetero) is 1. The third-order valence-corrected chi connectivity index (χ3v) is 2.65. The van der Waals surface area contributed by atoms with Crippen molar-refractivity contribution in [3.63, 3.8) is 0 Å². The molecule has 0 bridgehead atoms. The third kappa shape index (κ3) is 1.81. The molecule has 0 aliphatic heterocycles. The Morgan fingerprint density at radius 1 is 1.36 bits per heavy atom. The lowest BCUT2D eigenvalue weighted by molar-refractivity contribution is -0.121. The molecule has 1 aromatic heterocycles. The molecule has 1 aliphatic rings. The predicted molar refractivity (Wildman–Crippen MR) is 50.4 cm³/mol. The summed E-state index contributed by atoms with van der Waals surface area (Å²) in [7, 11) is 0. The van der Waals surface area contributed by atoms with E-state index in [2.05, 4.69) is 4.98 Å². The maximum atomic E-state index is 12.8. The van der Waals surface area contributed by atoms with Gasteiger partial charge in [-0.3, -0.25) is 4.79 Å². The van der Waals surface area contributed by atoms with Gasteiger partial charge < -0.3 is 0 Å². The summed E-state index contributed by atoms with van der Waals surface area (Å²) in [6, 6.07) is 4.65. The number of ketones is 1. The third-order valence-electron chi connectivity index (χ3n) is 2.65. The molecule has 1 unspecified atom stereocenters. The number of hydrogen-bond donors (Lipinski definition) is 0. The Morgan fingerprint density at radius 3 is 2.93 bits per heavy atom. The van der Waals surface area contributed by atoms with Crippen LogP contribution in [-0.4, -0.2) is 10.8 Å². The molecule has 1 atom stereocenters. The standard InChI is InChI=1S/C11H12FNO/c12-11-7-3-5-9(13-11)8-4-1-2-6-10(8)14/h3,5,7-8H,1-2,4,6H2. The van der Waals surface area contributed by atoms with Gasteiger partial charge in [0.25, 0.3) is 0 Å². The minimum atomic E-state index is -0.499. The van der Waals surface area contributed by atoms with E-state index in [1.807, 2.05) is 0 Å². The molecule has 0 spiro atoms. The van der Waals surface area contributed by atoms with Gasteiger partial charge in [-0.25, -0.2) is 4.98 Å². The minimum Gasteiger partial charge on any atom is -0.299 e. The van der Waals surface area contributed by atoms with Crippen LogP contribution in [0, 0.1) is 5.95 Å². The number of hydrogen-bond acceptors (Lipinski definition) is 2. The van der Waals surface area contributed by atoms with Crippen molar-refractivity contribution in [1.82, 2.24) is 4.98 Å². The van der Waals surface area contributed by atoms with Gasteiger partial charge in [0.05, 0.1) is 11.6 Å². The number of nitrogens with zero attached hydrogens (tertiary/aromatic N) is 1. The van der Waals surface area contributed by atoms with Crippen molar-refractivity contribution in [2.75, 3.05) is 0 Å². The van der Waals surface area contributed by atoms with Crippen LogP contribution in [-0.2, 0) is 4.79 Å². The highest BCUT2D eigenvalue weighted by Crippen LogP contribution is 2.28. The van der Waals surface area contributed by atoms with Gasteiger partial charge in [-0.1, -0.05) is 12.5 Å². The van der Waals surface area contributed by atoms with Gasteiger partial charge >= 0.3 is 0 Å².